The molecule has 0 radical (unpaired) electrons. The summed E-state index contributed by atoms with van der Waals surface area (Å²) in [5.74, 6) is 2.25. The third-order valence-corrected chi connectivity index (χ3v) is 5.07. The summed E-state index contributed by atoms with van der Waals surface area (Å²) in [6.07, 6.45) is 4.50. The molecule has 26 heavy (non-hydrogen) atoms. The van der Waals surface area contributed by atoms with Crippen LogP contribution in [0.2, 0.25) is 0 Å². The summed E-state index contributed by atoms with van der Waals surface area (Å²) < 4.78 is 10.7. The van der Waals surface area contributed by atoms with Crippen LogP contribution < -0.4 is 9.47 Å². The number of benzene rings is 2. The fraction of sp³-hybridized carbons (Fsp3) is 0.409. The summed E-state index contributed by atoms with van der Waals surface area (Å²) in [7, 11) is 1.63. The second-order valence-electron chi connectivity index (χ2n) is 6.81. The Morgan fingerprint density at radius 1 is 1.00 bits per heavy atom. The lowest BCUT2D eigenvalue weighted by Gasteiger charge is -2.32. The minimum absolute atomic E-state index is 0.0716. The number of rotatable bonds is 7. The van der Waals surface area contributed by atoms with E-state index in [2.05, 4.69) is 30.3 Å². The van der Waals surface area contributed by atoms with Gasteiger partial charge < -0.3 is 14.4 Å². The van der Waals surface area contributed by atoms with E-state index in [0.717, 1.165) is 38.1 Å². The molecular weight excluding hydrogens is 326 g/mol. The number of aryl methyl sites for hydroxylation is 1. The summed E-state index contributed by atoms with van der Waals surface area (Å²) in [4.78, 5) is 14.3. The van der Waals surface area contributed by atoms with Crippen molar-refractivity contribution in [3.8, 4) is 11.5 Å². The fourth-order valence-electron chi connectivity index (χ4n) is 3.39. The molecule has 0 N–H and O–H groups in total. The van der Waals surface area contributed by atoms with Crippen molar-refractivity contribution in [1.29, 1.82) is 0 Å². The number of methoxy groups -OCH3 is 1. The minimum atomic E-state index is 0.0716. The Labute approximate surface area is 155 Å². The van der Waals surface area contributed by atoms with Crippen LogP contribution >= 0.6 is 0 Å². The Balaban J connectivity index is 1.37. The highest BCUT2D eigenvalue weighted by atomic mass is 16.5. The maximum atomic E-state index is 12.4. The molecule has 0 spiro atoms. The van der Waals surface area contributed by atoms with Gasteiger partial charge in [0.15, 0.2) is 6.61 Å². The van der Waals surface area contributed by atoms with E-state index in [9.17, 15) is 4.79 Å². The van der Waals surface area contributed by atoms with E-state index in [-0.39, 0.29) is 12.5 Å². The Morgan fingerprint density at radius 2 is 1.65 bits per heavy atom. The van der Waals surface area contributed by atoms with Gasteiger partial charge in [-0.2, -0.15) is 0 Å². The number of ether oxygens (including phenoxy) is 2. The van der Waals surface area contributed by atoms with E-state index < -0.39 is 0 Å². The fourth-order valence-corrected chi connectivity index (χ4v) is 3.39. The summed E-state index contributed by atoms with van der Waals surface area (Å²) in [6.45, 7) is 1.77. The minimum Gasteiger partial charge on any atom is -0.497 e. The summed E-state index contributed by atoms with van der Waals surface area (Å²) in [6, 6.07) is 17.9. The largest absolute Gasteiger partial charge is 0.497 e. The SMILES string of the molecule is COc1ccc(OCC(=O)N2CCC(CCc3ccccc3)CC2)cc1. The molecule has 0 unspecified atom stereocenters. The molecule has 4 heteroatoms. The molecule has 1 aliphatic heterocycles. The maximum absolute atomic E-state index is 12.4. The quantitative estimate of drug-likeness (QED) is 0.757. The van der Waals surface area contributed by atoms with Crippen molar-refractivity contribution < 1.29 is 14.3 Å². The lowest BCUT2D eigenvalue weighted by molar-refractivity contribution is -0.134. The molecular formula is C22H27NO3. The lowest BCUT2D eigenvalue weighted by atomic mass is 9.90. The smallest absolute Gasteiger partial charge is 0.260 e. The number of carbonyl (C=O) groups is 1. The van der Waals surface area contributed by atoms with Crippen molar-refractivity contribution in [2.75, 3.05) is 26.8 Å². The first-order valence-electron chi connectivity index (χ1n) is 9.33. The molecule has 0 aromatic heterocycles. The zero-order chi connectivity index (χ0) is 18.2. The van der Waals surface area contributed by atoms with Crippen LogP contribution in [0.5, 0.6) is 11.5 Å². The molecule has 2 aromatic rings. The highest BCUT2D eigenvalue weighted by Gasteiger charge is 2.22. The van der Waals surface area contributed by atoms with E-state index in [1.807, 2.05) is 29.2 Å². The van der Waals surface area contributed by atoms with Gasteiger partial charge in [0.25, 0.3) is 5.91 Å². The van der Waals surface area contributed by atoms with Crippen LogP contribution in [0.4, 0.5) is 0 Å². The first-order chi connectivity index (χ1) is 12.7. The number of hydrogen-bond acceptors (Lipinski definition) is 3. The van der Waals surface area contributed by atoms with E-state index in [1.54, 1.807) is 7.11 Å². The molecule has 1 fully saturated rings. The Morgan fingerprint density at radius 3 is 2.31 bits per heavy atom. The first kappa shape index (κ1) is 18.3. The van der Waals surface area contributed by atoms with E-state index in [1.165, 1.54) is 12.0 Å². The van der Waals surface area contributed by atoms with E-state index in [0.29, 0.717) is 11.7 Å². The van der Waals surface area contributed by atoms with Crippen molar-refractivity contribution in [1.82, 2.24) is 4.90 Å². The van der Waals surface area contributed by atoms with Gasteiger partial charge in [-0.25, -0.2) is 0 Å². The van der Waals surface area contributed by atoms with Gasteiger partial charge in [-0.15, -0.1) is 0 Å². The second kappa shape index (κ2) is 9.27. The molecule has 0 aliphatic carbocycles. The number of amides is 1. The average molecular weight is 353 g/mol. The molecule has 1 heterocycles. The molecule has 3 rings (SSSR count). The van der Waals surface area contributed by atoms with Crippen molar-refractivity contribution in [2.45, 2.75) is 25.7 Å². The molecule has 0 saturated carbocycles. The molecule has 138 valence electrons. The number of nitrogens with zero attached hydrogens (tertiary/aromatic N) is 1. The highest BCUT2D eigenvalue weighted by Crippen LogP contribution is 2.23. The van der Waals surface area contributed by atoms with Crippen LogP contribution in [0.1, 0.15) is 24.8 Å². The van der Waals surface area contributed by atoms with Gasteiger partial charge in [0, 0.05) is 13.1 Å². The summed E-state index contributed by atoms with van der Waals surface area (Å²) >= 11 is 0. The number of hydrogen-bond donors (Lipinski definition) is 0. The number of carbonyl (C=O) groups excluding carboxylic acids is 1. The normalized spacial score (nSPS) is 14.9. The van der Waals surface area contributed by atoms with Crippen LogP contribution in [0, 0.1) is 5.92 Å². The van der Waals surface area contributed by atoms with Gasteiger partial charge in [-0.05, 0) is 61.4 Å². The highest BCUT2D eigenvalue weighted by molar-refractivity contribution is 5.77. The van der Waals surface area contributed by atoms with Gasteiger partial charge in [0.2, 0.25) is 0 Å². The van der Waals surface area contributed by atoms with Gasteiger partial charge in [-0.3, -0.25) is 4.79 Å². The van der Waals surface area contributed by atoms with E-state index >= 15 is 0 Å². The van der Waals surface area contributed by atoms with Crippen LogP contribution in [0.25, 0.3) is 0 Å². The molecule has 2 aromatic carbocycles. The lowest BCUT2D eigenvalue weighted by Crippen LogP contribution is -2.41. The molecule has 1 saturated heterocycles. The zero-order valence-corrected chi connectivity index (χ0v) is 15.4. The van der Waals surface area contributed by atoms with Gasteiger partial charge >= 0.3 is 0 Å². The van der Waals surface area contributed by atoms with Crippen molar-refractivity contribution in [2.24, 2.45) is 5.92 Å². The van der Waals surface area contributed by atoms with Crippen molar-refractivity contribution >= 4 is 5.91 Å². The third-order valence-electron chi connectivity index (χ3n) is 5.07. The molecule has 0 atom stereocenters. The van der Waals surface area contributed by atoms with Crippen molar-refractivity contribution in [3.63, 3.8) is 0 Å². The summed E-state index contributed by atoms with van der Waals surface area (Å²) in [5.41, 5.74) is 1.40. The van der Waals surface area contributed by atoms with Gasteiger partial charge in [0.05, 0.1) is 7.11 Å². The van der Waals surface area contributed by atoms with Crippen LogP contribution in [0.3, 0.4) is 0 Å². The predicted molar refractivity (Wildman–Crippen MR) is 103 cm³/mol. The Bertz CT molecular complexity index is 676. The standard InChI is InChI=1S/C22H27NO3/c1-25-20-9-11-21(12-10-20)26-17-22(24)23-15-13-19(14-16-23)8-7-18-5-3-2-4-6-18/h2-6,9-12,19H,7-8,13-17H2,1H3. The number of piperidine rings is 1. The van der Waals surface area contributed by atoms with Crippen LogP contribution in [-0.2, 0) is 11.2 Å². The molecule has 0 bridgehead atoms. The van der Waals surface area contributed by atoms with E-state index in [4.69, 9.17) is 9.47 Å². The van der Waals surface area contributed by atoms with Crippen LogP contribution in [-0.4, -0.2) is 37.6 Å². The van der Waals surface area contributed by atoms with Crippen molar-refractivity contribution in [3.05, 3.63) is 60.2 Å². The third kappa shape index (κ3) is 5.25. The molecule has 1 amide bonds. The Hall–Kier alpha value is -2.49. The second-order valence-corrected chi connectivity index (χ2v) is 6.81. The van der Waals surface area contributed by atoms with Gasteiger partial charge in [0.1, 0.15) is 11.5 Å². The number of likely N-dealkylation sites (tertiary alicyclic amines) is 1. The monoisotopic (exact) mass is 353 g/mol. The molecule has 1 aliphatic rings. The topological polar surface area (TPSA) is 38.8 Å². The first-order valence-corrected chi connectivity index (χ1v) is 9.33. The maximum Gasteiger partial charge on any atom is 0.260 e. The summed E-state index contributed by atoms with van der Waals surface area (Å²) in [5, 5.41) is 0. The zero-order valence-electron chi connectivity index (χ0n) is 15.4. The predicted octanol–water partition coefficient (Wildman–Crippen LogP) is 3.95. The average Bonchev–Trinajstić information content (AvgIpc) is 2.72. The van der Waals surface area contributed by atoms with Gasteiger partial charge in [-0.1, -0.05) is 30.3 Å². The van der Waals surface area contributed by atoms with Crippen LogP contribution in [0.15, 0.2) is 54.6 Å². The Kier molecular flexibility index (Phi) is 6.53. The molecule has 4 nitrogen and oxygen atoms in total.